The predicted molar refractivity (Wildman–Crippen MR) is 117 cm³/mol. The van der Waals surface area contributed by atoms with Crippen LogP contribution in [0.2, 0.25) is 0 Å². The van der Waals surface area contributed by atoms with Crippen molar-refractivity contribution in [3.8, 4) is 28.5 Å². The summed E-state index contributed by atoms with van der Waals surface area (Å²) in [5.41, 5.74) is 4.11. The number of rotatable bonds is 7. The van der Waals surface area contributed by atoms with E-state index in [1.807, 2.05) is 89.7 Å². The fraction of sp³-hybridized carbons (Fsp3) is 0.0800. The van der Waals surface area contributed by atoms with Crippen LogP contribution in [0.5, 0.6) is 5.75 Å². The Hall–Kier alpha value is -4.19. The van der Waals surface area contributed by atoms with Crippen LogP contribution in [-0.4, -0.2) is 19.9 Å². The van der Waals surface area contributed by atoms with E-state index in [0.717, 1.165) is 28.1 Å². The third kappa shape index (κ3) is 4.53. The van der Waals surface area contributed by atoms with Crippen LogP contribution in [0.1, 0.15) is 11.4 Å². The highest BCUT2D eigenvalue weighted by Gasteiger charge is 2.09. The molecule has 0 spiro atoms. The highest BCUT2D eigenvalue weighted by Crippen LogP contribution is 2.19. The molecule has 0 aliphatic heterocycles. The molecular weight excluding hydrogens is 388 g/mol. The summed E-state index contributed by atoms with van der Waals surface area (Å²) in [5.74, 6) is 1.75. The minimum Gasteiger partial charge on any atom is -0.485 e. The summed E-state index contributed by atoms with van der Waals surface area (Å²) in [6.45, 7) is 0.938. The quantitative estimate of drug-likeness (QED) is 0.369. The first-order chi connectivity index (χ1) is 15.3. The number of ether oxygens (including phenoxy) is 1. The second kappa shape index (κ2) is 8.67. The van der Waals surface area contributed by atoms with Gasteiger partial charge in [-0.1, -0.05) is 65.8 Å². The third-order valence-corrected chi connectivity index (χ3v) is 4.83. The molecule has 6 nitrogen and oxygen atoms in total. The molecule has 0 bridgehead atoms. The molecule has 0 radical (unpaired) electrons. The van der Waals surface area contributed by atoms with Gasteiger partial charge in [0.05, 0.1) is 12.2 Å². The van der Waals surface area contributed by atoms with E-state index in [1.165, 1.54) is 0 Å². The smallest absolute Gasteiger partial charge is 0.258 e. The number of hydrogen-bond donors (Lipinski definition) is 0. The SMILES string of the molecule is c1ccc(-c2ccn(Cc3ccc(OCc4noc(-c5ccccc5)n4)cc3)n2)cc1. The Labute approximate surface area is 179 Å². The van der Waals surface area contributed by atoms with Gasteiger partial charge < -0.3 is 9.26 Å². The molecular formula is C25H20N4O2. The van der Waals surface area contributed by atoms with E-state index in [0.29, 0.717) is 18.3 Å². The average molecular weight is 408 g/mol. The van der Waals surface area contributed by atoms with Crippen molar-refractivity contribution in [3.05, 3.63) is 109 Å². The van der Waals surface area contributed by atoms with Gasteiger partial charge in [0.1, 0.15) is 5.75 Å². The van der Waals surface area contributed by atoms with Crippen LogP contribution in [0.25, 0.3) is 22.7 Å². The van der Waals surface area contributed by atoms with Gasteiger partial charge in [-0.05, 0) is 35.9 Å². The Kier molecular flexibility index (Phi) is 5.26. The number of nitrogens with zero attached hydrogens (tertiary/aromatic N) is 4. The molecule has 31 heavy (non-hydrogen) atoms. The summed E-state index contributed by atoms with van der Waals surface area (Å²) in [6.07, 6.45) is 1.99. The van der Waals surface area contributed by atoms with Gasteiger partial charge in [-0.2, -0.15) is 10.1 Å². The lowest BCUT2D eigenvalue weighted by atomic mass is 10.2. The van der Waals surface area contributed by atoms with E-state index in [-0.39, 0.29) is 6.61 Å². The molecule has 0 amide bonds. The standard InChI is InChI=1S/C25H20N4O2/c1-3-7-20(8-4-1)23-15-16-29(27-23)17-19-11-13-22(14-12-19)30-18-24-26-25(31-28-24)21-9-5-2-6-10-21/h1-16H,17-18H2. The maximum absolute atomic E-state index is 5.80. The summed E-state index contributed by atoms with van der Waals surface area (Å²) in [7, 11) is 0. The zero-order chi connectivity index (χ0) is 20.9. The molecule has 0 unspecified atom stereocenters. The van der Waals surface area contributed by atoms with Crippen molar-refractivity contribution in [1.29, 1.82) is 0 Å². The topological polar surface area (TPSA) is 66.0 Å². The van der Waals surface area contributed by atoms with E-state index in [2.05, 4.69) is 27.4 Å². The lowest BCUT2D eigenvalue weighted by Crippen LogP contribution is -2.01. The van der Waals surface area contributed by atoms with Gasteiger partial charge in [0, 0.05) is 17.3 Å². The lowest BCUT2D eigenvalue weighted by Gasteiger charge is -2.06. The van der Waals surface area contributed by atoms with Crippen LogP contribution in [-0.2, 0) is 13.2 Å². The predicted octanol–water partition coefficient (Wildman–Crippen LogP) is 5.23. The second-order valence-corrected chi connectivity index (χ2v) is 7.08. The van der Waals surface area contributed by atoms with Crippen molar-refractivity contribution < 1.29 is 9.26 Å². The van der Waals surface area contributed by atoms with Crippen LogP contribution >= 0.6 is 0 Å². The van der Waals surface area contributed by atoms with E-state index in [1.54, 1.807) is 0 Å². The van der Waals surface area contributed by atoms with Crippen LogP contribution in [0.4, 0.5) is 0 Å². The first-order valence-electron chi connectivity index (χ1n) is 10.0. The number of benzene rings is 3. The molecule has 0 aliphatic rings. The normalized spacial score (nSPS) is 10.8. The van der Waals surface area contributed by atoms with Gasteiger partial charge in [0.15, 0.2) is 6.61 Å². The molecule has 2 heterocycles. The zero-order valence-electron chi connectivity index (χ0n) is 16.8. The molecule has 3 aromatic carbocycles. The van der Waals surface area contributed by atoms with E-state index in [4.69, 9.17) is 9.26 Å². The Morgan fingerprint density at radius 3 is 2.23 bits per heavy atom. The van der Waals surface area contributed by atoms with Crippen molar-refractivity contribution in [2.24, 2.45) is 0 Å². The monoisotopic (exact) mass is 408 g/mol. The Morgan fingerprint density at radius 2 is 1.48 bits per heavy atom. The van der Waals surface area contributed by atoms with Gasteiger partial charge in [0.25, 0.3) is 5.89 Å². The van der Waals surface area contributed by atoms with E-state index in [9.17, 15) is 0 Å². The van der Waals surface area contributed by atoms with Gasteiger partial charge in [0.2, 0.25) is 5.82 Å². The summed E-state index contributed by atoms with van der Waals surface area (Å²) < 4.78 is 13.0. The fourth-order valence-corrected chi connectivity index (χ4v) is 3.25. The average Bonchev–Trinajstić information content (AvgIpc) is 3.50. The molecule has 2 aromatic heterocycles. The molecule has 5 aromatic rings. The van der Waals surface area contributed by atoms with Gasteiger partial charge in [-0.3, -0.25) is 4.68 Å². The molecule has 152 valence electrons. The molecule has 0 N–H and O–H groups in total. The van der Waals surface area contributed by atoms with Crippen molar-refractivity contribution in [2.75, 3.05) is 0 Å². The zero-order valence-corrected chi connectivity index (χ0v) is 16.8. The summed E-state index contributed by atoms with van der Waals surface area (Å²) in [5, 5.41) is 8.65. The number of aromatic nitrogens is 4. The largest absolute Gasteiger partial charge is 0.485 e. The molecule has 0 aliphatic carbocycles. The minimum atomic E-state index is 0.245. The highest BCUT2D eigenvalue weighted by atomic mass is 16.5. The molecule has 0 saturated heterocycles. The van der Waals surface area contributed by atoms with Gasteiger partial charge in [-0.15, -0.1) is 0 Å². The van der Waals surface area contributed by atoms with Crippen molar-refractivity contribution >= 4 is 0 Å². The Morgan fingerprint density at radius 1 is 0.774 bits per heavy atom. The van der Waals surface area contributed by atoms with Crippen LogP contribution < -0.4 is 4.74 Å². The Balaban J connectivity index is 1.18. The molecule has 0 saturated carbocycles. The number of hydrogen-bond acceptors (Lipinski definition) is 5. The summed E-state index contributed by atoms with van der Waals surface area (Å²) in [6, 6.07) is 29.8. The highest BCUT2D eigenvalue weighted by molar-refractivity contribution is 5.58. The van der Waals surface area contributed by atoms with E-state index >= 15 is 0 Å². The summed E-state index contributed by atoms with van der Waals surface area (Å²) in [4.78, 5) is 4.38. The van der Waals surface area contributed by atoms with Crippen LogP contribution in [0.15, 0.2) is 102 Å². The maximum Gasteiger partial charge on any atom is 0.258 e. The first kappa shape index (κ1) is 18.8. The fourth-order valence-electron chi connectivity index (χ4n) is 3.25. The Bertz CT molecular complexity index is 1250. The van der Waals surface area contributed by atoms with E-state index < -0.39 is 0 Å². The molecule has 0 fully saturated rings. The first-order valence-corrected chi connectivity index (χ1v) is 10.0. The van der Waals surface area contributed by atoms with Crippen molar-refractivity contribution in [2.45, 2.75) is 13.2 Å². The lowest BCUT2D eigenvalue weighted by molar-refractivity contribution is 0.287. The van der Waals surface area contributed by atoms with Crippen molar-refractivity contribution in [3.63, 3.8) is 0 Å². The van der Waals surface area contributed by atoms with Crippen molar-refractivity contribution in [1.82, 2.24) is 19.9 Å². The molecule has 6 heteroatoms. The molecule has 0 atom stereocenters. The second-order valence-electron chi connectivity index (χ2n) is 7.08. The third-order valence-electron chi connectivity index (χ3n) is 4.83. The maximum atomic E-state index is 5.80. The van der Waals surface area contributed by atoms with Crippen LogP contribution in [0, 0.1) is 0 Å². The minimum absolute atomic E-state index is 0.245. The van der Waals surface area contributed by atoms with Crippen LogP contribution in [0.3, 0.4) is 0 Å². The molecule has 5 rings (SSSR count). The summed E-state index contributed by atoms with van der Waals surface area (Å²) >= 11 is 0. The van der Waals surface area contributed by atoms with Gasteiger partial charge >= 0.3 is 0 Å². The van der Waals surface area contributed by atoms with Gasteiger partial charge in [-0.25, -0.2) is 0 Å².